The zero-order valence-electron chi connectivity index (χ0n) is 14.7. The monoisotopic (exact) mass is 367 g/mol. The summed E-state index contributed by atoms with van der Waals surface area (Å²) in [5.74, 6) is -1.28. The van der Waals surface area contributed by atoms with E-state index in [-0.39, 0.29) is 31.6 Å². The number of hydrogen-bond donors (Lipinski definition) is 4. The molecule has 1 fully saturated rings. The summed E-state index contributed by atoms with van der Waals surface area (Å²) in [5.41, 5.74) is 2.49. The van der Waals surface area contributed by atoms with Crippen LogP contribution in [0, 0.1) is 25.5 Å². The van der Waals surface area contributed by atoms with Crippen LogP contribution in [0.3, 0.4) is 0 Å². The van der Waals surface area contributed by atoms with Gasteiger partial charge in [-0.25, -0.2) is 8.78 Å². The van der Waals surface area contributed by atoms with Crippen molar-refractivity contribution in [2.75, 3.05) is 19.6 Å². The van der Waals surface area contributed by atoms with Crippen molar-refractivity contribution in [3.8, 4) is 11.1 Å². The number of aliphatic hydroxyl groups excluding tert-OH is 3. The van der Waals surface area contributed by atoms with E-state index in [1.54, 1.807) is 18.7 Å². The first-order valence-corrected chi connectivity index (χ1v) is 8.54. The van der Waals surface area contributed by atoms with Crippen molar-refractivity contribution in [3.05, 3.63) is 40.7 Å². The number of piperidine rings is 1. The number of β-amino-alcohol motifs (C(OH)–C–C–N with tert-alkyl or cyclic N) is 2. The van der Waals surface area contributed by atoms with Gasteiger partial charge in [0.1, 0.15) is 17.7 Å². The third-order valence-corrected chi connectivity index (χ3v) is 4.91. The van der Waals surface area contributed by atoms with Crippen molar-refractivity contribution >= 4 is 0 Å². The Morgan fingerprint density at radius 1 is 1.12 bits per heavy atom. The smallest absolute Gasteiger partial charge is 0.129 e. The second kappa shape index (κ2) is 7.40. The number of rotatable bonds is 4. The first-order valence-electron chi connectivity index (χ1n) is 8.54. The molecular weight excluding hydrogens is 344 g/mol. The van der Waals surface area contributed by atoms with Crippen LogP contribution in [0.25, 0.3) is 11.1 Å². The number of benzene rings is 1. The van der Waals surface area contributed by atoms with Gasteiger partial charge >= 0.3 is 0 Å². The van der Waals surface area contributed by atoms with E-state index >= 15 is 0 Å². The molecule has 0 saturated carbocycles. The highest BCUT2D eigenvalue weighted by atomic mass is 19.1. The Kier molecular flexibility index (Phi) is 5.38. The summed E-state index contributed by atoms with van der Waals surface area (Å²) in [4.78, 5) is 1.68. The SMILES string of the molecule is Cc1n[nH]c(C)c1-c1cc(F)c(CCN2CC(O)C(O)C(O)C2)c(F)c1. The van der Waals surface area contributed by atoms with Gasteiger partial charge in [0.25, 0.3) is 0 Å². The first-order chi connectivity index (χ1) is 12.3. The zero-order valence-corrected chi connectivity index (χ0v) is 14.7. The molecule has 4 N–H and O–H groups in total. The van der Waals surface area contributed by atoms with Gasteiger partial charge in [0.2, 0.25) is 0 Å². The van der Waals surface area contributed by atoms with Crippen molar-refractivity contribution in [1.82, 2.24) is 15.1 Å². The normalized spacial score (nSPS) is 24.2. The van der Waals surface area contributed by atoms with Gasteiger partial charge in [0.15, 0.2) is 0 Å². The molecule has 0 radical (unpaired) electrons. The summed E-state index contributed by atoms with van der Waals surface area (Å²) < 4.78 is 29.0. The van der Waals surface area contributed by atoms with Crippen LogP contribution in [0.5, 0.6) is 0 Å². The summed E-state index contributed by atoms with van der Waals surface area (Å²) in [7, 11) is 0. The van der Waals surface area contributed by atoms with E-state index in [2.05, 4.69) is 10.2 Å². The van der Waals surface area contributed by atoms with Gasteiger partial charge in [-0.05, 0) is 38.0 Å². The fraction of sp³-hybridized carbons (Fsp3) is 0.500. The van der Waals surface area contributed by atoms with Gasteiger partial charge in [-0.3, -0.25) is 10.00 Å². The van der Waals surface area contributed by atoms with Gasteiger partial charge < -0.3 is 15.3 Å². The van der Waals surface area contributed by atoms with E-state index < -0.39 is 29.9 Å². The second-order valence-corrected chi connectivity index (χ2v) is 6.86. The lowest BCUT2D eigenvalue weighted by atomic mass is 9.99. The maximum atomic E-state index is 14.5. The fourth-order valence-corrected chi connectivity index (χ4v) is 3.49. The number of aromatic nitrogens is 2. The van der Waals surface area contributed by atoms with Crippen molar-refractivity contribution < 1.29 is 24.1 Å². The summed E-state index contributed by atoms with van der Waals surface area (Å²) in [6.07, 6.45) is -3.26. The standard InChI is InChI=1S/C18H23F2N3O3/c1-9-17(10(2)22-21-9)11-5-13(19)12(14(20)6-11)3-4-23-7-15(24)18(26)16(25)8-23/h5-6,15-16,18,24-26H,3-4,7-8H2,1-2H3,(H,21,22). The number of H-pyrrole nitrogens is 1. The minimum atomic E-state index is -1.19. The molecule has 2 aromatic rings. The van der Waals surface area contributed by atoms with Crippen LogP contribution in [0.4, 0.5) is 8.78 Å². The molecule has 1 saturated heterocycles. The topological polar surface area (TPSA) is 92.6 Å². The Morgan fingerprint density at radius 3 is 2.19 bits per heavy atom. The van der Waals surface area contributed by atoms with E-state index in [9.17, 15) is 24.1 Å². The highest BCUT2D eigenvalue weighted by Gasteiger charge is 2.33. The van der Waals surface area contributed by atoms with Crippen LogP contribution < -0.4 is 0 Å². The molecule has 1 aromatic carbocycles. The molecule has 3 rings (SSSR count). The Labute approximate surface area is 150 Å². The number of halogens is 2. The predicted molar refractivity (Wildman–Crippen MR) is 91.6 cm³/mol. The minimum absolute atomic E-state index is 0.0392. The molecule has 8 heteroatoms. The molecule has 2 unspecified atom stereocenters. The van der Waals surface area contributed by atoms with Crippen LogP contribution >= 0.6 is 0 Å². The molecule has 1 aliphatic rings. The summed E-state index contributed by atoms with van der Waals surface area (Å²) in [5, 5.41) is 35.8. The van der Waals surface area contributed by atoms with Crippen molar-refractivity contribution in [2.24, 2.45) is 0 Å². The molecule has 26 heavy (non-hydrogen) atoms. The largest absolute Gasteiger partial charge is 0.389 e. The number of aryl methyl sites for hydroxylation is 2. The van der Waals surface area contributed by atoms with Crippen LogP contribution in [0.15, 0.2) is 12.1 Å². The highest BCUT2D eigenvalue weighted by Crippen LogP contribution is 2.29. The molecule has 6 nitrogen and oxygen atoms in total. The van der Waals surface area contributed by atoms with Crippen LogP contribution in [0.1, 0.15) is 17.0 Å². The van der Waals surface area contributed by atoms with Gasteiger partial charge in [-0.15, -0.1) is 0 Å². The van der Waals surface area contributed by atoms with Gasteiger partial charge in [-0.2, -0.15) is 5.10 Å². The number of aliphatic hydroxyl groups is 3. The number of likely N-dealkylation sites (tertiary alicyclic amines) is 1. The van der Waals surface area contributed by atoms with E-state index in [4.69, 9.17) is 0 Å². The first kappa shape index (κ1) is 18.9. The summed E-state index contributed by atoms with van der Waals surface area (Å²) in [6, 6.07) is 2.60. The summed E-state index contributed by atoms with van der Waals surface area (Å²) in [6.45, 7) is 4.11. The number of nitrogens with zero attached hydrogens (tertiary/aromatic N) is 2. The molecule has 2 atom stereocenters. The van der Waals surface area contributed by atoms with E-state index in [1.165, 1.54) is 12.1 Å². The third-order valence-electron chi connectivity index (χ3n) is 4.91. The molecular formula is C18H23F2N3O3. The predicted octanol–water partition coefficient (Wildman–Crippen LogP) is 0.913. The lowest BCUT2D eigenvalue weighted by molar-refractivity contribution is -0.109. The van der Waals surface area contributed by atoms with Crippen LogP contribution in [0.2, 0.25) is 0 Å². The average Bonchev–Trinajstić information content (AvgIpc) is 2.90. The quantitative estimate of drug-likeness (QED) is 0.645. The highest BCUT2D eigenvalue weighted by molar-refractivity contribution is 5.68. The molecule has 0 spiro atoms. The van der Waals surface area contributed by atoms with Gasteiger partial charge in [0.05, 0.1) is 17.9 Å². The number of nitrogens with one attached hydrogen (secondary N) is 1. The number of aromatic amines is 1. The Hall–Kier alpha value is -1.87. The molecule has 1 aliphatic heterocycles. The van der Waals surface area contributed by atoms with Crippen molar-refractivity contribution in [1.29, 1.82) is 0 Å². The number of hydrogen-bond acceptors (Lipinski definition) is 5. The minimum Gasteiger partial charge on any atom is -0.389 e. The van der Waals surface area contributed by atoms with Gasteiger partial charge in [0, 0.05) is 36.5 Å². The lowest BCUT2D eigenvalue weighted by Crippen LogP contribution is -2.55. The Morgan fingerprint density at radius 2 is 1.69 bits per heavy atom. The van der Waals surface area contributed by atoms with E-state index in [0.717, 1.165) is 5.69 Å². The lowest BCUT2D eigenvalue weighted by Gasteiger charge is -2.36. The van der Waals surface area contributed by atoms with Gasteiger partial charge in [-0.1, -0.05) is 0 Å². The summed E-state index contributed by atoms with van der Waals surface area (Å²) >= 11 is 0. The Balaban J connectivity index is 1.75. The second-order valence-electron chi connectivity index (χ2n) is 6.86. The van der Waals surface area contributed by atoms with E-state index in [1.807, 2.05) is 0 Å². The van der Waals surface area contributed by atoms with Crippen molar-refractivity contribution in [2.45, 2.75) is 38.6 Å². The van der Waals surface area contributed by atoms with Crippen molar-refractivity contribution in [3.63, 3.8) is 0 Å². The molecule has 0 amide bonds. The molecule has 0 aliphatic carbocycles. The molecule has 142 valence electrons. The molecule has 1 aromatic heterocycles. The third kappa shape index (κ3) is 3.64. The molecule has 0 bridgehead atoms. The van der Waals surface area contributed by atoms with E-state index in [0.29, 0.717) is 16.8 Å². The Bertz CT molecular complexity index is 741. The average molecular weight is 367 g/mol. The van der Waals surface area contributed by atoms with Crippen LogP contribution in [-0.2, 0) is 6.42 Å². The fourth-order valence-electron chi connectivity index (χ4n) is 3.49. The maximum Gasteiger partial charge on any atom is 0.129 e. The molecule has 2 heterocycles. The van der Waals surface area contributed by atoms with Crippen LogP contribution in [-0.4, -0.2) is 68.4 Å². The maximum absolute atomic E-state index is 14.5. The zero-order chi connectivity index (χ0) is 19.0.